The molecule has 0 amide bonds. The van der Waals surface area contributed by atoms with Gasteiger partial charge in [-0.2, -0.15) is 0 Å². The van der Waals surface area contributed by atoms with Gasteiger partial charge in [0.2, 0.25) is 0 Å². The number of ketones is 1. The van der Waals surface area contributed by atoms with Crippen LogP contribution in [0.3, 0.4) is 0 Å². The summed E-state index contributed by atoms with van der Waals surface area (Å²) in [5.74, 6) is -0.0867. The molecule has 4 N–H and O–H groups in total. The van der Waals surface area contributed by atoms with E-state index in [-0.39, 0.29) is 63.8 Å². The maximum absolute atomic E-state index is 14.4. The van der Waals surface area contributed by atoms with Crippen LogP contribution in [0.2, 0.25) is 0 Å². The number of carbonyl (C=O) groups is 3. The molecule has 5 aliphatic rings. The lowest BCUT2D eigenvalue weighted by Gasteiger charge is -2.71. The lowest BCUT2D eigenvalue weighted by molar-refractivity contribution is -0.232. The lowest BCUT2D eigenvalue weighted by Crippen LogP contribution is -2.65. The van der Waals surface area contributed by atoms with Crippen LogP contribution in [-0.2, 0) is 19.1 Å². The van der Waals surface area contributed by atoms with Crippen molar-refractivity contribution >= 4 is 17.7 Å². The van der Waals surface area contributed by atoms with Gasteiger partial charge in [0.05, 0.1) is 23.9 Å². The van der Waals surface area contributed by atoms with Gasteiger partial charge in [0.15, 0.2) is 5.78 Å². The first-order valence-corrected chi connectivity index (χ1v) is 19.9. The summed E-state index contributed by atoms with van der Waals surface area (Å²) in [7, 11) is 0. The van der Waals surface area contributed by atoms with Crippen LogP contribution >= 0.6 is 0 Å². The zero-order valence-corrected chi connectivity index (χ0v) is 33.2. The molecule has 0 aromatic rings. The molecule has 0 aromatic heterocycles. The first kappa shape index (κ1) is 39.4. The van der Waals surface area contributed by atoms with E-state index in [1.807, 2.05) is 0 Å². The first-order chi connectivity index (χ1) is 23.1. The quantitative estimate of drug-likeness (QED) is 0.192. The number of nitrogens with zero attached hydrogens (tertiary/aromatic N) is 1. The maximum atomic E-state index is 14.4. The summed E-state index contributed by atoms with van der Waals surface area (Å²) in [6.07, 6.45) is 7.12. The molecule has 5 aliphatic carbocycles. The summed E-state index contributed by atoms with van der Waals surface area (Å²) in [4.78, 5) is 41.4. The average Bonchev–Trinajstić information content (AvgIpc) is 3.30. The second-order valence-corrected chi connectivity index (χ2v) is 19.8. The molecule has 0 heterocycles. The summed E-state index contributed by atoms with van der Waals surface area (Å²) < 4.78 is 6.15. The number of carboxylic acid groups (broad SMARTS) is 1. The molecule has 0 radical (unpaired) electrons. The van der Waals surface area contributed by atoms with E-state index in [0.717, 1.165) is 56.9 Å². The van der Waals surface area contributed by atoms with E-state index in [1.165, 1.54) is 5.57 Å². The van der Waals surface area contributed by atoms with Gasteiger partial charge in [-0.3, -0.25) is 19.3 Å². The Kier molecular flexibility index (Phi) is 10.7. The van der Waals surface area contributed by atoms with Crippen molar-refractivity contribution in [1.82, 2.24) is 4.90 Å². The number of esters is 1. The zero-order valence-electron chi connectivity index (χ0n) is 33.2. The minimum Gasteiger partial charge on any atom is -0.481 e. The largest absolute Gasteiger partial charge is 0.481 e. The number of ether oxygens (including phenoxy) is 1. The topological polar surface area (TPSA) is 130 Å². The molecule has 0 aliphatic heterocycles. The van der Waals surface area contributed by atoms with Gasteiger partial charge < -0.3 is 20.7 Å². The molecule has 8 nitrogen and oxygen atoms in total. The molecule has 0 spiro atoms. The Morgan fingerprint density at radius 1 is 0.940 bits per heavy atom. The highest BCUT2D eigenvalue weighted by Gasteiger charge is 2.69. The van der Waals surface area contributed by atoms with Crippen molar-refractivity contribution in [2.45, 2.75) is 152 Å². The molecular formula is C42H70N2O6. The summed E-state index contributed by atoms with van der Waals surface area (Å²) in [5, 5.41) is 21.4. The molecule has 284 valence electrons. The van der Waals surface area contributed by atoms with E-state index in [0.29, 0.717) is 37.4 Å². The second-order valence-electron chi connectivity index (χ2n) is 19.8. The first-order valence-electron chi connectivity index (χ1n) is 19.9. The van der Waals surface area contributed by atoms with E-state index < -0.39 is 23.5 Å². The van der Waals surface area contributed by atoms with Crippen LogP contribution in [-0.4, -0.2) is 70.7 Å². The normalized spacial score (nSPS) is 38.8. The van der Waals surface area contributed by atoms with E-state index in [4.69, 9.17) is 10.5 Å². The lowest BCUT2D eigenvalue weighted by atomic mass is 9.33. The molecule has 4 fully saturated rings. The molecule has 0 aromatic carbocycles. The Balaban J connectivity index is 1.41. The third kappa shape index (κ3) is 6.13. The Morgan fingerprint density at radius 2 is 1.58 bits per heavy atom. The number of aliphatic hydroxyl groups excluding tert-OH is 1. The summed E-state index contributed by atoms with van der Waals surface area (Å²) >= 11 is 0. The van der Waals surface area contributed by atoms with E-state index >= 15 is 0 Å². The molecule has 0 saturated heterocycles. The van der Waals surface area contributed by atoms with Gasteiger partial charge in [-0.15, -0.1) is 0 Å². The molecule has 50 heavy (non-hydrogen) atoms. The van der Waals surface area contributed by atoms with E-state index in [1.54, 1.807) is 13.8 Å². The number of aliphatic hydroxyl groups is 1. The fourth-order valence-corrected chi connectivity index (χ4v) is 13.0. The Hall–Kier alpha value is -1.77. The van der Waals surface area contributed by atoms with Gasteiger partial charge in [0.1, 0.15) is 6.10 Å². The summed E-state index contributed by atoms with van der Waals surface area (Å²) in [6, 6.07) is 0.249. The van der Waals surface area contributed by atoms with Crippen LogP contribution in [0, 0.1) is 62.6 Å². The van der Waals surface area contributed by atoms with Crippen LogP contribution in [0.25, 0.3) is 0 Å². The van der Waals surface area contributed by atoms with Crippen molar-refractivity contribution in [3.63, 3.8) is 0 Å². The van der Waals surface area contributed by atoms with Gasteiger partial charge in [-0.1, -0.05) is 54.0 Å². The van der Waals surface area contributed by atoms with Crippen LogP contribution in [0.4, 0.5) is 0 Å². The molecule has 4 saturated carbocycles. The molecular weight excluding hydrogens is 628 g/mol. The number of nitrogens with two attached hydrogens (primary N) is 1. The summed E-state index contributed by atoms with van der Waals surface area (Å²) in [5.41, 5.74) is 7.19. The number of hydrogen-bond acceptors (Lipinski definition) is 7. The van der Waals surface area contributed by atoms with Crippen LogP contribution in [0.15, 0.2) is 11.1 Å². The number of carboxylic acids is 1. The highest BCUT2D eigenvalue weighted by atomic mass is 16.5. The number of hydrogen-bond donors (Lipinski definition) is 3. The van der Waals surface area contributed by atoms with Crippen molar-refractivity contribution in [2.24, 2.45) is 68.3 Å². The van der Waals surface area contributed by atoms with E-state index in [2.05, 4.69) is 67.2 Å². The number of Topliss-reactive ketones (excluding diaryl/α,β-unsaturated/α-hetero) is 1. The van der Waals surface area contributed by atoms with Gasteiger partial charge in [0.25, 0.3) is 0 Å². The maximum Gasteiger partial charge on any atom is 0.309 e. The smallest absolute Gasteiger partial charge is 0.309 e. The number of carbonyl (C=O) groups excluding carboxylic acids is 2. The van der Waals surface area contributed by atoms with Crippen molar-refractivity contribution in [3.05, 3.63) is 11.1 Å². The van der Waals surface area contributed by atoms with Gasteiger partial charge in [-0.25, -0.2) is 0 Å². The highest BCUT2D eigenvalue weighted by Crippen LogP contribution is 2.75. The molecule has 0 bridgehead atoms. The fourth-order valence-electron chi connectivity index (χ4n) is 13.0. The number of aliphatic carboxylic acids is 1. The third-order valence-electron chi connectivity index (χ3n) is 15.9. The predicted octanol–water partition coefficient (Wildman–Crippen LogP) is 7.27. The summed E-state index contributed by atoms with van der Waals surface area (Å²) in [6.45, 7) is 25.7. The van der Waals surface area contributed by atoms with Crippen molar-refractivity contribution in [1.29, 1.82) is 0 Å². The SMILES string of the molecule is CC(C)C1=C2C(CC[C@]3(C)[C@@H]2CC[C@@H]2[C@@]4(C)CC[C@H](OC(=O)CC(C)(C)C(=O)O)C(C)(C)[C@@H]4CC[C@]23C)[C@H]([C@@H](O)CN(CCN)C(C)C)C1=O. The van der Waals surface area contributed by atoms with Gasteiger partial charge in [0, 0.05) is 31.1 Å². The predicted molar refractivity (Wildman–Crippen MR) is 197 cm³/mol. The number of fused-ring (bicyclic) bond motifs is 7. The molecule has 8 heteroatoms. The molecule has 10 atom stereocenters. The standard InChI is InChI=1S/C42H70N2O6/c1-24(2)33-34-26(35(36(33)47)28(45)23-44(21-20-43)25(3)4)14-18-41(10)27(34)12-13-30-40(9)17-16-31(50-32(46)22-38(5,6)37(48)49)39(7,8)29(40)15-19-42(30,41)11/h24-31,35,45H,12-23,43H2,1-11H3,(H,48,49)/t26?,27-,28+,29+,30-,31+,35-,40+,41-,42-/m1/s1. The fraction of sp³-hybridized carbons (Fsp3) is 0.881. The Labute approximate surface area is 302 Å². The Bertz CT molecular complexity index is 1370. The minimum atomic E-state index is -1.16. The number of rotatable bonds is 11. The van der Waals surface area contributed by atoms with Crippen molar-refractivity contribution in [3.8, 4) is 0 Å². The zero-order chi connectivity index (χ0) is 37.4. The minimum absolute atomic E-state index is 0.0510. The van der Waals surface area contributed by atoms with Gasteiger partial charge >= 0.3 is 11.9 Å². The van der Waals surface area contributed by atoms with E-state index in [9.17, 15) is 24.6 Å². The second kappa shape index (κ2) is 13.6. The van der Waals surface area contributed by atoms with Crippen molar-refractivity contribution < 1.29 is 29.3 Å². The average molecular weight is 699 g/mol. The van der Waals surface area contributed by atoms with Gasteiger partial charge in [-0.05, 0) is 130 Å². The van der Waals surface area contributed by atoms with Crippen molar-refractivity contribution in [2.75, 3.05) is 19.6 Å². The Morgan fingerprint density at radius 3 is 2.16 bits per heavy atom. The van der Waals surface area contributed by atoms with Crippen LogP contribution < -0.4 is 5.73 Å². The third-order valence-corrected chi connectivity index (χ3v) is 15.9. The molecule has 1 unspecified atom stereocenters. The van der Waals surface area contributed by atoms with Crippen LogP contribution in [0.5, 0.6) is 0 Å². The highest BCUT2D eigenvalue weighted by molar-refractivity contribution is 6.02. The van der Waals surface area contributed by atoms with Crippen LogP contribution in [0.1, 0.15) is 134 Å². The monoisotopic (exact) mass is 699 g/mol. The number of allylic oxidation sites excluding steroid dienone is 2. The molecule has 5 rings (SSSR count).